The SMILES string of the molecule is CCN[C@H](COc1cc([C@@H]2C[C@@H](O)C[C@H](CCc3ccc(O)c(OC)c3)O2)cc(OC)c1O)[C@H]1[C@@H](C(=O)O)C=C[C@@H]1C1=CCNC(N)=C1. The highest BCUT2D eigenvalue weighted by molar-refractivity contribution is 5.74. The molecule has 2 aliphatic heterocycles. The van der Waals surface area contributed by atoms with Crippen LogP contribution in [0.2, 0.25) is 0 Å². The summed E-state index contributed by atoms with van der Waals surface area (Å²) in [6.07, 6.45) is 8.31. The standard InChI is InChI=1S/C36H47N3O9/c1-4-38-27(34-25(8-9-26(34)36(43)44)21-11-12-39-33(37)16-21)19-47-32-15-22(14-31(46-3)35(32)42)29-18-23(40)17-24(48-29)7-5-20-6-10-28(41)30(13-20)45-2/h6,8-11,13-16,23-27,29,34,38-42H,4-5,7,12,17-19,37H2,1-3H3,(H,43,44)/t23-,24-,25+,26-,27+,29-,34+/m0/s1. The molecule has 1 aliphatic carbocycles. The van der Waals surface area contributed by atoms with Crippen molar-refractivity contribution in [1.29, 1.82) is 0 Å². The van der Waals surface area contributed by atoms with E-state index >= 15 is 0 Å². The van der Waals surface area contributed by atoms with Gasteiger partial charge in [0.05, 0.1) is 44.3 Å². The van der Waals surface area contributed by atoms with Crippen molar-refractivity contribution in [2.75, 3.05) is 33.9 Å². The molecular formula is C36H47N3O9. The summed E-state index contributed by atoms with van der Waals surface area (Å²) in [5.41, 5.74) is 8.64. The number of hydrogen-bond acceptors (Lipinski definition) is 11. The van der Waals surface area contributed by atoms with E-state index in [9.17, 15) is 25.2 Å². The van der Waals surface area contributed by atoms with Gasteiger partial charge in [-0.25, -0.2) is 0 Å². The number of aliphatic hydroxyl groups is 1. The maximum Gasteiger partial charge on any atom is 0.310 e. The second-order valence-electron chi connectivity index (χ2n) is 12.5. The number of nitrogens with two attached hydrogens (primary N) is 1. The number of aryl methyl sites for hydroxylation is 1. The maximum atomic E-state index is 12.4. The van der Waals surface area contributed by atoms with Gasteiger partial charge in [0.15, 0.2) is 23.0 Å². The summed E-state index contributed by atoms with van der Waals surface area (Å²) in [4.78, 5) is 12.4. The van der Waals surface area contributed by atoms with Crippen LogP contribution >= 0.6 is 0 Å². The quantitative estimate of drug-likeness (QED) is 0.146. The number of carboxylic acids is 1. The van der Waals surface area contributed by atoms with E-state index in [2.05, 4.69) is 10.6 Å². The van der Waals surface area contributed by atoms with E-state index in [1.165, 1.54) is 14.2 Å². The van der Waals surface area contributed by atoms with E-state index < -0.39 is 30.1 Å². The van der Waals surface area contributed by atoms with E-state index in [-0.39, 0.29) is 47.5 Å². The van der Waals surface area contributed by atoms with Gasteiger partial charge in [-0.05, 0) is 72.8 Å². The van der Waals surface area contributed by atoms with Crippen LogP contribution in [0.4, 0.5) is 0 Å². The molecule has 0 aromatic heterocycles. The number of allylic oxidation sites excluding steroid dienone is 3. The van der Waals surface area contributed by atoms with Crippen LogP contribution < -0.4 is 30.6 Å². The molecule has 12 nitrogen and oxygen atoms in total. The third-order valence-electron chi connectivity index (χ3n) is 9.37. The van der Waals surface area contributed by atoms with Gasteiger partial charge >= 0.3 is 5.97 Å². The number of dihydropyridines is 1. The molecule has 2 heterocycles. The molecule has 1 saturated heterocycles. The van der Waals surface area contributed by atoms with Crippen molar-refractivity contribution in [3.05, 3.63) is 77.2 Å². The zero-order valence-corrected chi connectivity index (χ0v) is 27.6. The minimum absolute atomic E-state index is 0.0677. The Bertz CT molecular complexity index is 1540. The van der Waals surface area contributed by atoms with Crippen LogP contribution in [0.1, 0.15) is 43.4 Å². The molecule has 0 saturated carbocycles. The third-order valence-corrected chi connectivity index (χ3v) is 9.37. The fourth-order valence-corrected chi connectivity index (χ4v) is 7.01. The number of likely N-dealkylation sites (N-methyl/N-ethyl adjacent to an activating group) is 1. The van der Waals surface area contributed by atoms with Crippen LogP contribution in [0.15, 0.2) is 66.0 Å². The zero-order valence-electron chi connectivity index (χ0n) is 27.6. The van der Waals surface area contributed by atoms with Crippen LogP contribution in [0.25, 0.3) is 0 Å². The molecule has 0 bridgehead atoms. The second kappa shape index (κ2) is 15.7. The molecule has 0 spiro atoms. The lowest BCUT2D eigenvalue weighted by molar-refractivity contribution is -0.142. The average molecular weight is 666 g/mol. The molecule has 260 valence electrons. The number of aromatic hydroxyl groups is 2. The number of methoxy groups -OCH3 is 2. The molecule has 5 rings (SSSR count). The number of phenols is 2. The lowest BCUT2D eigenvalue weighted by Crippen LogP contribution is -2.47. The van der Waals surface area contributed by atoms with Gasteiger partial charge < -0.3 is 55.7 Å². The molecule has 3 aliphatic rings. The smallest absolute Gasteiger partial charge is 0.310 e. The average Bonchev–Trinajstić information content (AvgIpc) is 3.52. The minimum Gasteiger partial charge on any atom is -0.504 e. The highest BCUT2D eigenvalue weighted by Crippen LogP contribution is 2.44. The lowest BCUT2D eigenvalue weighted by atomic mass is 9.78. The summed E-state index contributed by atoms with van der Waals surface area (Å²) in [5.74, 6) is -1.07. The lowest BCUT2D eigenvalue weighted by Gasteiger charge is -2.34. The number of benzene rings is 2. The van der Waals surface area contributed by atoms with E-state index in [0.29, 0.717) is 55.9 Å². The summed E-state index contributed by atoms with van der Waals surface area (Å²) in [6.45, 7) is 3.14. The zero-order chi connectivity index (χ0) is 34.4. The highest BCUT2D eigenvalue weighted by Gasteiger charge is 2.43. The van der Waals surface area contributed by atoms with Gasteiger partial charge in [-0.3, -0.25) is 4.79 Å². The van der Waals surface area contributed by atoms with Crippen molar-refractivity contribution in [3.8, 4) is 28.7 Å². The first kappa shape index (κ1) is 34.9. The van der Waals surface area contributed by atoms with Crippen molar-refractivity contribution in [1.82, 2.24) is 10.6 Å². The number of hydrogen-bond donors (Lipinski definition) is 7. The molecule has 2 aromatic carbocycles. The molecule has 1 fully saturated rings. The number of nitrogens with one attached hydrogen (secondary N) is 2. The van der Waals surface area contributed by atoms with Crippen LogP contribution in [-0.2, 0) is 16.0 Å². The van der Waals surface area contributed by atoms with Crippen molar-refractivity contribution in [3.63, 3.8) is 0 Å². The Balaban J connectivity index is 1.34. The number of aliphatic carboxylic acids is 1. The van der Waals surface area contributed by atoms with E-state index in [0.717, 1.165) is 11.1 Å². The molecule has 7 atom stereocenters. The van der Waals surface area contributed by atoms with Crippen LogP contribution in [0.3, 0.4) is 0 Å². The van der Waals surface area contributed by atoms with Crippen LogP contribution in [0, 0.1) is 17.8 Å². The summed E-state index contributed by atoms with van der Waals surface area (Å²) in [5, 5.41) is 48.5. The molecule has 12 heteroatoms. The number of ether oxygens (including phenoxy) is 4. The van der Waals surface area contributed by atoms with Gasteiger partial charge in [0, 0.05) is 30.8 Å². The van der Waals surface area contributed by atoms with Gasteiger partial charge in [-0.1, -0.05) is 31.2 Å². The summed E-state index contributed by atoms with van der Waals surface area (Å²) in [6, 6.07) is 8.21. The Hall–Kier alpha value is -4.39. The minimum atomic E-state index is -0.924. The first-order chi connectivity index (χ1) is 23.1. The second-order valence-corrected chi connectivity index (χ2v) is 12.5. The number of rotatable bonds is 14. The van der Waals surface area contributed by atoms with Gasteiger partial charge in [0.2, 0.25) is 5.75 Å². The normalized spacial score (nSPS) is 25.8. The molecule has 48 heavy (non-hydrogen) atoms. The summed E-state index contributed by atoms with van der Waals surface area (Å²) < 4.78 is 23.5. The number of aliphatic hydroxyl groups excluding tert-OH is 1. The first-order valence-electron chi connectivity index (χ1n) is 16.4. The number of phenolic OH excluding ortho intramolecular Hbond substituents is 2. The van der Waals surface area contributed by atoms with Gasteiger partial charge in [-0.2, -0.15) is 0 Å². The van der Waals surface area contributed by atoms with E-state index in [4.69, 9.17) is 24.7 Å². The predicted octanol–water partition coefficient (Wildman–Crippen LogP) is 3.52. The molecular weight excluding hydrogens is 618 g/mol. The van der Waals surface area contributed by atoms with Gasteiger partial charge in [0.1, 0.15) is 6.61 Å². The van der Waals surface area contributed by atoms with Gasteiger partial charge in [-0.15, -0.1) is 0 Å². The Morgan fingerprint density at radius 2 is 1.88 bits per heavy atom. The fraction of sp³-hybridized carbons (Fsp3) is 0.472. The molecule has 8 N–H and O–H groups in total. The highest BCUT2D eigenvalue weighted by atomic mass is 16.5. The topological polar surface area (TPSA) is 185 Å². The van der Waals surface area contributed by atoms with Crippen molar-refractivity contribution in [2.45, 2.75) is 57.0 Å². The van der Waals surface area contributed by atoms with Crippen LogP contribution in [0.5, 0.6) is 28.7 Å². The molecule has 0 unspecified atom stereocenters. The monoisotopic (exact) mass is 665 g/mol. The predicted molar refractivity (Wildman–Crippen MR) is 179 cm³/mol. The Morgan fingerprint density at radius 3 is 2.58 bits per heavy atom. The summed E-state index contributed by atoms with van der Waals surface area (Å²) >= 11 is 0. The Labute approximate surface area is 280 Å². The largest absolute Gasteiger partial charge is 0.504 e. The van der Waals surface area contributed by atoms with Gasteiger partial charge in [0.25, 0.3) is 0 Å². The van der Waals surface area contributed by atoms with Crippen molar-refractivity contribution < 1.29 is 44.2 Å². The van der Waals surface area contributed by atoms with E-state index in [1.807, 2.05) is 31.2 Å². The van der Waals surface area contributed by atoms with Crippen molar-refractivity contribution in [2.24, 2.45) is 23.5 Å². The van der Waals surface area contributed by atoms with E-state index in [1.54, 1.807) is 30.3 Å². The van der Waals surface area contributed by atoms with Crippen molar-refractivity contribution >= 4 is 5.97 Å². The summed E-state index contributed by atoms with van der Waals surface area (Å²) in [7, 11) is 2.96. The first-order valence-corrected chi connectivity index (χ1v) is 16.4. The third kappa shape index (κ3) is 8.00. The number of carbonyl (C=O) groups is 1. The molecule has 0 amide bonds. The maximum absolute atomic E-state index is 12.4. The Kier molecular flexibility index (Phi) is 11.4. The van der Waals surface area contributed by atoms with Crippen LogP contribution in [-0.4, -0.2) is 78.6 Å². The molecule has 0 radical (unpaired) electrons. The Morgan fingerprint density at radius 1 is 1.10 bits per heavy atom. The molecule has 2 aromatic rings. The fourth-order valence-electron chi connectivity index (χ4n) is 7.01. The number of carboxylic acid groups (broad SMARTS) is 1.